The lowest BCUT2D eigenvalue weighted by Crippen LogP contribution is -2.26. The standard InChI is InChI=1S/C28H26ClN3O3/c1-18(19-7-3-2-4-8-19)30-28(35)21-13-16-23-25(17-21)31-24(9-5-6-10-26(33)34)27(32-23)20-11-14-22(29)15-12-20/h2-4,7-8,11-18H,5-6,9-10H2,1H3,(H,30,35)(H,33,34). The number of rotatable bonds is 9. The molecular formula is C28H26ClN3O3. The second-order valence-electron chi connectivity index (χ2n) is 8.44. The number of carboxylic acid groups (broad SMARTS) is 1. The van der Waals surface area contributed by atoms with Gasteiger partial charge in [-0.25, -0.2) is 9.97 Å². The molecule has 4 aromatic rings. The van der Waals surface area contributed by atoms with E-state index in [-0.39, 0.29) is 18.4 Å². The molecule has 0 aliphatic heterocycles. The number of carboxylic acids is 1. The lowest BCUT2D eigenvalue weighted by molar-refractivity contribution is -0.137. The van der Waals surface area contributed by atoms with Crippen LogP contribution in [0.5, 0.6) is 0 Å². The van der Waals surface area contributed by atoms with Gasteiger partial charge in [0.2, 0.25) is 0 Å². The van der Waals surface area contributed by atoms with Gasteiger partial charge in [-0.1, -0.05) is 54.1 Å². The van der Waals surface area contributed by atoms with E-state index < -0.39 is 5.97 Å². The fourth-order valence-electron chi connectivity index (χ4n) is 3.92. The van der Waals surface area contributed by atoms with Crippen LogP contribution in [0.15, 0.2) is 72.8 Å². The summed E-state index contributed by atoms with van der Waals surface area (Å²) in [5.41, 5.74) is 5.21. The van der Waals surface area contributed by atoms with E-state index in [2.05, 4.69) is 5.32 Å². The van der Waals surface area contributed by atoms with Crippen LogP contribution in [0.3, 0.4) is 0 Å². The average molecular weight is 488 g/mol. The van der Waals surface area contributed by atoms with Crippen LogP contribution >= 0.6 is 11.6 Å². The van der Waals surface area contributed by atoms with Gasteiger partial charge >= 0.3 is 5.97 Å². The quantitative estimate of drug-likeness (QED) is 0.273. The smallest absolute Gasteiger partial charge is 0.303 e. The summed E-state index contributed by atoms with van der Waals surface area (Å²) >= 11 is 6.06. The molecule has 0 aliphatic rings. The molecule has 0 bridgehead atoms. The first-order valence-electron chi connectivity index (χ1n) is 11.5. The van der Waals surface area contributed by atoms with Gasteiger partial charge in [0, 0.05) is 22.6 Å². The number of fused-ring (bicyclic) bond motifs is 1. The Kier molecular flexibility index (Phi) is 7.73. The molecule has 4 rings (SSSR count). The Hall–Kier alpha value is -3.77. The van der Waals surface area contributed by atoms with E-state index in [1.165, 1.54) is 0 Å². The first kappa shape index (κ1) is 24.4. The Morgan fingerprint density at radius 2 is 1.69 bits per heavy atom. The third-order valence-electron chi connectivity index (χ3n) is 5.82. The monoisotopic (exact) mass is 487 g/mol. The zero-order valence-corrected chi connectivity index (χ0v) is 20.1. The van der Waals surface area contributed by atoms with Crippen LogP contribution in [0.1, 0.15) is 53.8 Å². The van der Waals surface area contributed by atoms with Crippen molar-refractivity contribution in [2.75, 3.05) is 0 Å². The van der Waals surface area contributed by atoms with Gasteiger partial charge in [0.15, 0.2) is 0 Å². The summed E-state index contributed by atoms with van der Waals surface area (Å²) < 4.78 is 0. The molecule has 0 aliphatic carbocycles. The minimum atomic E-state index is -0.812. The topological polar surface area (TPSA) is 92.2 Å². The van der Waals surface area contributed by atoms with E-state index in [9.17, 15) is 9.59 Å². The van der Waals surface area contributed by atoms with Crippen molar-refractivity contribution < 1.29 is 14.7 Å². The minimum Gasteiger partial charge on any atom is -0.481 e. The number of hydrogen-bond acceptors (Lipinski definition) is 4. The average Bonchev–Trinajstić information content (AvgIpc) is 2.86. The molecule has 6 nitrogen and oxygen atoms in total. The highest BCUT2D eigenvalue weighted by Gasteiger charge is 2.15. The van der Waals surface area contributed by atoms with Crippen LogP contribution in [0.4, 0.5) is 0 Å². The molecule has 0 radical (unpaired) electrons. The van der Waals surface area contributed by atoms with Crippen molar-refractivity contribution in [1.29, 1.82) is 0 Å². The van der Waals surface area contributed by atoms with E-state index in [0.29, 0.717) is 40.9 Å². The van der Waals surface area contributed by atoms with Crippen molar-refractivity contribution in [2.45, 2.75) is 38.6 Å². The van der Waals surface area contributed by atoms with E-state index >= 15 is 0 Å². The number of carbonyl (C=O) groups excluding carboxylic acids is 1. The largest absolute Gasteiger partial charge is 0.481 e. The number of aliphatic carboxylic acids is 1. The second kappa shape index (κ2) is 11.1. The molecule has 1 unspecified atom stereocenters. The summed E-state index contributed by atoms with van der Waals surface area (Å²) in [6.45, 7) is 1.95. The molecule has 1 heterocycles. The number of aromatic nitrogens is 2. The highest BCUT2D eigenvalue weighted by molar-refractivity contribution is 6.30. The van der Waals surface area contributed by atoms with Gasteiger partial charge < -0.3 is 10.4 Å². The number of aryl methyl sites for hydroxylation is 1. The molecule has 1 aromatic heterocycles. The fraction of sp³-hybridized carbons (Fsp3) is 0.214. The molecule has 0 saturated heterocycles. The molecule has 2 N–H and O–H groups in total. The lowest BCUT2D eigenvalue weighted by Gasteiger charge is -2.15. The summed E-state index contributed by atoms with van der Waals surface area (Å²) in [7, 11) is 0. The minimum absolute atomic E-state index is 0.112. The fourth-order valence-corrected chi connectivity index (χ4v) is 4.05. The second-order valence-corrected chi connectivity index (χ2v) is 8.87. The number of unbranched alkanes of at least 4 members (excludes halogenated alkanes) is 1. The summed E-state index contributed by atoms with van der Waals surface area (Å²) in [5.74, 6) is -0.997. The van der Waals surface area contributed by atoms with Crippen molar-refractivity contribution in [3.05, 3.63) is 94.6 Å². The van der Waals surface area contributed by atoms with Crippen molar-refractivity contribution >= 4 is 34.5 Å². The summed E-state index contributed by atoms with van der Waals surface area (Å²) in [6, 6.07) is 22.4. The zero-order chi connectivity index (χ0) is 24.8. The number of benzene rings is 3. The Bertz CT molecular complexity index is 1340. The number of amides is 1. The van der Waals surface area contributed by atoms with Crippen LogP contribution in [0, 0.1) is 0 Å². The van der Waals surface area contributed by atoms with Crippen molar-refractivity contribution in [3.8, 4) is 11.3 Å². The SMILES string of the molecule is CC(NC(=O)c1ccc2nc(-c3ccc(Cl)cc3)c(CCCCC(=O)O)nc2c1)c1ccccc1. The maximum Gasteiger partial charge on any atom is 0.303 e. The van der Waals surface area contributed by atoms with Crippen molar-refractivity contribution in [1.82, 2.24) is 15.3 Å². The number of hydrogen-bond donors (Lipinski definition) is 2. The lowest BCUT2D eigenvalue weighted by atomic mass is 10.0. The number of halogens is 1. The van der Waals surface area contributed by atoms with Gasteiger partial charge in [0.05, 0.1) is 28.5 Å². The van der Waals surface area contributed by atoms with Gasteiger partial charge in [0.25, 0.3) is 5.91 Å². The molecule has 7 heteroatoms. The summed E-state index contributed by atoms with van der Waals surface area (Å²) in [6.07, 6.45) is 1.91. The third-order valence-corrected chi connectivity index (χ3v) is 6.07. The summed E-state index contributed by atoms with van der Waals surface area (Å²) in [4.78, 5) is 33.5. The highest BCUT2D eigenvalue weighted by Crippen LogP contribution is 2.27. The van der Waals surface area contributed by atoms with Crippen molar-refractivity contribution in [3.63, 3.8) is 0 Å². The Morgan fingerprint density at radius 3 is 2.40 bits per heavy atom. The van der Waals surface area contributed by atoms with Gasteiger partial charge in [-0.3, -0.25) is 9.59 Å². The van der Waals surface area contributed by atoms with E-state index in [0.717, 1.165) is 22.5 Å². The Labute approximate surface area is 209 Å². The maximum atomic E-state index is 12.9. The van der Waals surface area contributed by atoms with E-state index in [4.69, 9.17) is 26.7 Å². The van der Waals surface area contributed by atoms with E-state index in [1.807, 2.05) is 49.4 Å². The zero-order valence-electron chi connectivity index (χ0n) is 19.4. The molecule has 3 aromatic carbocycles. The third kappa shape index (κ3) is 6.22. The predicted octanol–water partition coefficient (Wildman–Crippen LogP) is 6.24. The van der Waals surface area contributed by atoms with Gasteiger partial charge in [-0.2, -0.15) is 0 Å². The van der Waals surface area contributed by atoms with Crippen LogP contribution in [-0.2, 0) is 11.2 Å². The van der Waals surface area contributed by atoms with Crippen molar-refractivity contribution in [2.24, 2.45) is 0 Å². The van der Waals surface area contributed by atoms with Crippen LogP contribution < -0.4 is 5.32 Å². The first-order valence-corrected chi connectivity index (χ1v) is 11.9. The van der Waals surface area contributed by atoms with Gasteiger partial charge in [0.1, 0.15) is 0 Å². The normalized spacial score (nSPS) is 11.8. The van der Waals surface area contributed by atoms with Crippen LogP contribution in [-0.4, -0.2) is 27.0 Å². The van der Waals surface area contributed by atoms with Gasteiger partial charge in [-0.15, -0.1) is 0 Å². The van der Waals surface area contributed by atoms with Gasteiger partial charge in [-0.05, 0) is 62.1 Å². The Balaban J connectivity index is 1.63. The molecular weight excluding hydrogens is 462 g/mol. The maximum absolute atomic E-state index is 12.9. The van der Waals surface area contributed by atoms with E-state index in [1.54, 1.807) is 30.3 Å². The number of nitrogens with one attached hydrogen (secondary N) is 1. The molecule has 1 amide bonds. The molecule has 1 atom stereocenters. The number of carbonyl (C=O) groups is 2. The molecule has 35 heavy (non-hydrogen) atoms. The van der Waals surface area contributed by atoms with Crippen LogP contribution in [0.2, 0.25) is 5.02 Å². The first-order chi connectivity index (χ1) is 16.9. The summed E-state index contributed by atoms with van der Waals surface area (Å²) in [5, 5.41) is 12.6. The Morgan fingerprint density at radius 1 is 0.943 bits per heavy atom. The molecule has 0 spiro atoms. The number of nitrogens with zero attached hydrogens (tertiary/aromatic N) is 2. The van der Waals surface area contributed by atoms with Crippen LogP contribution in [0.25, 0.3) is 22.3 Å². The molecule has 0 fully saturated rings. The molecule has 178 valence electrons. The highest BCUT2D eigenvalue weighted by atomic mass is 35.5. The molecule has 0 saturated carbocycles. The predicted molar refractivity (Wildman–Crippen MR) is 137 cm³/mol.